The monoisotopic (exact) mass is 536 g/mol. The van der Waals surface area contributed by atoms with E-state index in [4.69, 9.17) is 11.6 Å². The summed E-state index contributed by atoms with van der Waals surface area (Å²) in [6.45, 7) is 0.840. The van der Waals surface area contributed by atoms with E-state index in [0.717, 1.165) is 22.0 Å². The lowest BCUT2D eigenvalue weighted by molar-refractivity contribution is -0.138. The van der Waals surface area contributed by atoms with Crippen LogP contribution in [0.25, 0.3) is 5.57 Å². The van der Waals surface area contributed by atoms with Crippen LogP contribution in [-0.4, -0.2) is 40.2 Å². The zero-order chi connectivity index (χ0) is 25.6. The van der Waals surface area contributed by atoms with Gasteiger partial charge in [0, 0.05) is 23.6 Å². The molecule has 1 fully saturated rings. The van der Waals surface area contributed by atoms with Gasteiger partial charge in [-0.1, -0.05) is 35.1 Å². The van der Waals surface area contributed by atoms with Crippen molar-refractivity contribution in [3.8, 4) is 5.88 Å². The van der Waals surface area contributed by atoms with Crippen LogP contribution in [0.4, 0.5) is 13.2 Å². The molecule has 3 heterocycles. The molecule has 5 rings (SSSR count). The van der Waals surface area contributed by atoms with E-state index in [1.54, 1.807) is 18.2 Å². The number of aliphatic hydroxyl groups is 1. The standard InChI is InChI=1S/C24H20ClF3N4O3S/c25-15-3-1-13(17(9-15)24(26,27)28)8-16(12-2-4-18-14(7-12)10-30-31-18)21-22(34)32(23(35)36-21)19-11-29-6-5-20(19)33/h1-4,7,9-10,19-20,29,33-34H,5-6,8,11H2/t19-,20-/m0/s1. The number of piperidine rings is 1. The van der Waals surface area contributed by atoms with E-state index in [1.807, 2.05) is 0 Å². The average Bonchev–Trinajstić information content (AvgIpc) is 3.41. The first kappa shape index (κ1) is 24.7. The summed E-state index contributed by atoms with van der Waals surface area (Å²) in [5.74, 6) is -0.394. The molecule has 0 amide bonds. The van der Waals surface area contributed by atoms with Gasteiger partial charge in [-0.05, 0) is 53.6 Å². The van der Waals surface area contributed by atoms with Crippen molar-refractivity contribution in [3.63, 3.8) is 0 Å². The molecule has 12 heteroatoms. The summed E-state index contributed by atoms with van der Waals surface area (Å²) < 4.78 is 42.7. The fourth-order valence-electron chi connectivity index (χ4n) is 4.52. The maximum Gasteiger partial charge on any atom is 0.416 e. The highest BCUT2D eigenvalue weighted by Gasteiger charge is 2.35. The van der Waals surface area contributed by atoms with E-state index < -0.39 is 34.6 Å². The summed E-state index contributed by atoms with van der Waals surface area (Å²) >= 11 is 6.59. The van der Waals surface area contributed by atoms with Gasteiger partial charge in [-0.15, -0.1) is 0 Å². The van der Waals surface area contributed by atoms with Crippen LogP contribution in [0.2, 0.25) is 5.02 Å². The fourth-order valence-corrected chi connectivity index (χ4v) is 5.69. The number of hydrogen-bond donors (Lipinski definition) is 3. The van der Waals surface area contributed by atoms with Gasteiger partial charge in [0.2, 0.25) is 5.88 Å². The molecule has 0 bridgehead atoms. The minimum Gasteiger partial charge on any atom is -0.493 e. The van der Waals surface area contributed by atoms with Gasteiger partial charge in [0.15, 0.2) is 0 Å². The number of rotatable bonds is 4. The Balaban J connectivity index is 1.72. The SMILES string of the molecule is O=c1sc(C(Cc2ccc(Cl)cc2C(F)(F)F)=c2ccc3c(c2)C=NN=3)c(O)n1[C@H]1CNCC[C@@H]1O. The van der Waals surface area contributed by atoms with Crippen LogP contribution in [0.1, 0.15) is 34.0 Å². The maximum absolute atomic E-state index is 13.9. The van der Waals surface area contributed by atoms with Crippen molar-refractivity contribution in [2.45, 2.75) is 31.2 Å². The highest BCUT2D eigenvalue weighted by Crippen LogP contribution is 2.38. The van der Waals surface area contributed by atoms with Crippen molar-refractivity contribution in [2.75, 3.05) is 13.1 Å². The number of benzene rings is 2. The Hall–Kier alpha value is -2.99. The van der Waals surface area contributed by atoms with Crippen molar-refractivity contribution in [2.24, 2.45) is 10.2 Å². The largest absolute Gasteiger partial charge is 0.493 e. The lowest BCUT2D eigenvalue weighted by Crippen LogP contribution is -2.43. The van der Waals surface area contributed by atoms with Gasteiger partial charge >= 0.3 is 11.0 Å². The van der Waals surface area contributed by atoms with Crippen molar-refractivity contribution >= 4 is 34.7 Å². The highest BCUT2D eigenvalue weighted by atomic mass is 35.5. The molecule has 0 unspecified atom stereocenters. The number of aromatic nitrogens is 1. The lowest BCUT2D eigenvalue weighted by Gasteiger charge is -2.29. The molecular weight excluding hydrogens is 517 g/mol. The van der Waals surface area contributed by atoms with E-state index in [9.17, 15) is 28.2 Å². The Bertz CT molecular complexity index is 1550. The second-order valence-corrected chi connectivity index (χ2v) is 9.99. The molecule has 188 valence electrons. The van der Waals surface area contributed by atoms with Crippen LogP contribution in [0, 0.1) is 0 Å². The lowest BCUT2D eigenvalue weighted by atomic mass is 9.96. The molecule has 0 aliphatic carbocycles. The predicted octanol–water partition coefficient (Wildman–Crippen LogP) is 2.59. The number of nitrogens with zero attached hydrogens (tertiary/aromatic N) is 3. The molecule has 36 heavy (non-hydrogen) atoms. The summed E-state index contributed by atoms with van der Waals surface area (Å²) in [6, 6.07) is 7.87. The van der Waals surface area contributed by atoms with Gasteiger partial charge in [0.1, 0.15) is 0 Å². The number of halogens is 4. The molecule has 3 aromatic rings. The van der Waals surface area contributed by atoms with Crippen LogP contribution in [0.5, 0.6) is 5.88 Å². The zero-order valence-electron chi connectivity index (χ0n) is 18.6. The zero-order valence-corrected chi connectivity index (χ0v) is 20.2. The van der Waals surface area contributed by atoms with Gasteiger partial charge < -0.3 is 15.5 Å². The summed E-state index contributed by atoms with van der Waals surface area (Å²) in [7, 11) is 0. The molecule has 2 aromatic carbocycles. The summed E-state index contributed by atoms with van der Waals surface area (Å²) in [5, 5.41) is 33.6. The summed E-state index contributed by atoms with van der Waals surface area (Å²) in [6.07, 6.45) is -3.83. The number of alkyl halides is 3. The molecule has 1 saturated heterocycles. The topological polar surface area (TPSA) is 99.2 Å². The predicted molar refractivity (Wildman–Crippen MR) is 130 cm³/mol. The minimum atomic E-state index is -4.66. The first-order chi connectivity index (χ1) is 17.1. The summed E-state index contributed by atoms with van der Waals surface area (Å²) in [4.78, 5) is 12.6. The number of hydrogen-bond acceptors (Lipinski definition) is 7. The number of aliphatic hydroxyl groups excluding tert-OH is 1. The number of thiazole rings is 1. The van der Waals surface area contributed by atoms with E-state index in [-0.39, 0.29) is 28.4 Å². The van der Waals surface area contributed by atoms with Crippen molar-refractivity contribution < 1.29 is 23.4 Å². The van der Waals surface area contributed by atoms with Crippen molar-refractivity contribution in [3.05, 3.63) is 83.2 Å². The quantitative estimate of drug-likeness (QED) is 0.477. The third-order valence-corrected chi connectivity index (χ3v) is 7.56. The Morgan fingerprint density at radius 3 is 2.81 bits per heavy atom. The molecule has 3 N–H and O–H groups in total. The van der Waals surface area contributed by atoms with Gasteiger partial charge in [0.25, 0.3) is 0 Å². The number of aromatic hydroxyl groups is 1. The third-order valence-electron chi connectivity index (χ3n) is 6.32. The van der Waals surface area contributed by atoms with Gasteiger partial charge in [0.05, 0.1) is 34.2 Å². The molecule has 1 aromatic heterocycles. The van der Waals surface area contributed by atoms with Crippen LogP contribution in [0.3, 0.4) is 0 Å². The molecule has 2 aliphatic rings. The second kappa shape index (κ2) is 9.47. The Morgan fingerprint density at radius 2 is 2.06 bits per heavy atom. The highest BCUT2D eigenvalue weighted by molar-refractivity contribution is 7.10. The third kappa shape index (κ3) is 4.59. The Kier molecular flexibility index (Phi) is 6.50. The smallest absolute Gasteiger partial charge is 0.416 e. The van der Waals surface area contributed by atoms with Gasteiger partial charge in [-0.25, -0.2) is 0 Å². The van der Waals surface area contributed by atoms with Gasteiger partial charge in [-0.2, -0.15) is 23.4 Å². The molecular formula is C24H20ClF3N4O3S. The number of fused-ring (bicyclic) bond motifs is 1. The molecule has 0 saturated carbocycles. The maximum atomic E-state index is 13.9. The Morgan fingerprint density at radius 1 is 1.25 bits per heavy atom. The summed E-state index contributed by atoms with van der Waals surface area (Å²) in [5.41, 5.74) is 0.0215. The fraction of sp³-hybridized carbons (Fsp3) is 0.292. The first-order valence-corrected chi connectivity index (χ1v) is 12.3. The second-order valence-electron chi connectivity index (χ2n) is 8.59. The van der Waals surface area contributed by atoms with E-state index >= 15 is 0 Å². The average molecular weight is 537 g/mol. The van der Waals surface area contributed by atoms with E-state index in [1.165, 1.54) is 18.3 Å². The van der Waals surface area contributed by atoms with Crippen LogP contribution in [-0.2, 0) is 12.6 Å². The first-order valence-electron chi connectivity index (χ1n) is 11.1. The normalized spacial score (nSPS) is 20.2. The van der Waals surface area contributed by atoms with Crippen molar-refractivity contribution in [1.29, 1.82) is 0 Å². The minimum absolute atomic E-state index is 0.0552. The van der Waals surface area contributed by atoms with E-state index in [2.05, 4.69) is 15.5 Å². The Labute approximate surface area is 211 Å². The molecule has 0 radical (unpaired) electrons. The van der Waals surface area contributed by atoms with Crippen LogP contribution < -0.4 is 20.8 Å². The van der Waals surface area contributed by atoms with Crippen molar-refractivity contribution in [1.82, 2.24) is 9.88 Å². The van der Waals surface area contributed by atoms with Gasteiger partial charge in [-0.3, -0.25) is 9.36 Å². The van der Waals surface area contributed by atoms with Crippen LogP contribution in [0.15, 0.2) is 51.4 Å². The molecule has 0 spiro atoms. The number of nitrogens with one attached hydrogen (secondary N) is 1. The van der Waals surface area contributed by atoms with Crippen LogP contribution >= 0.6 is 22.9 Å². The molecule has 7 nitrogen and oxygen atoms in total. The molecule has 2 atom stereocenters. The molecule has 2 aliphatic heterocycles. The van der Waals surface area contributed by atoms with E-state index in [0.29, 0.717) is 34.7 Å².